The van der Waals surface area contributed by atoms with Crippen LogP contribution in [0.5, 0.6) is 0 Å². The van der Waals surface area contributed by atoms with Crippen molar-refractivity contribution in [2.24, 2.45) is 0 Å². The smallest absolute Gasteiger partial charge is 0.178 e. The molecule has 0 radical (unpaired) electrons. The van der Waals surface area contributed by atoms with Crippen molar-refractivity contribution in [3.8, 4) is 0 Å². The van der Waals surface area contributed by atoms with Crippen molar-refractivity contribution in [1.29, 1.82) is 0 Å². The van der Waals surface area contributed by atoms with Gasteiger partial charge < -0.3 is 57.1 Å². The molecule has 0 amide bonds. The summed E-state index contributed by atoms with van der Waals surface area (Å²) in [5, 5.41) is 5.55. The summed E-state index contributed by atoms with van der Waals surface area (Å²) < 4.78 is 9.78. The van der Waals surface area contributed by atoms with Crippen molar-refractivity contribution in [2.45, 2.75) is 97.8 Å². The molecule has 0 aliphatic heterocycles. The van der Waals surface area contributed by atoms with Crippen LogP contribution in [0.15, 0.2) is 85.5 Å². The van der Waals surface area contributed by atoms with E-state index in [4.69, 9.17) is 0 Å². The van der Waals surface area contributed by atoms with Gasteiger partial charge in [0.2, 0.25) is 0 Å². The molecule has 4 nitrogen and oxygen atoms in total. The van der Waals surface area contributed by atoms with Gasteiger partial charge in [-0.25, -0.2) is 9.13 Å². The maximum Gasteiger partial charge on any atom is 0.178 e. The van der Waals surface area contributed by atoms with Gasteiger partial charge >= 0.3 is 0 Å². The fourth-order valence-electron chi connectivity index (χ4n) is 6.78. The number of hydrogen-bond acceptors (Lipinski definition) is 0. The highest BCUT2D eigenvalue weighted by atomic mass is 127. The molecule has 0 saturated carbocycles. The van der Waals surface area contributed by atoms with E-state index in [2.05, 4.69) is 118 Å². The number of pyridine rings is 2. The Hall–Kier alpha value is -2.20. The molecule has 0 N–H and O–H groups in total. The average Bonchev–Trinajstić information content (AvgIpc) is 3.48. The van der Waals surface area contributed by atoms with Crippen LogP contribution in [0.2, 0.25) is 0 Å². The van der Waals surface area contributed by atoms with Crippen LogP contribution in [0.1, 0.15) is 71.6 Å². The molecule has 6 aromatic rings. The van der Waals surface area contributed by atoms with Crippen molar-refractivity contribution in [3.63, 3.8) is 0 Å². The van der Waals surface area contributed by atoms with Crippen LogP contribution < -0.4 is 57.1 Å². The van der Waals surface area contributed by atoms with Crippen LogP contribution in [0.25, 0.3) is 43.6 Å². The van der Waals surface area contributed by atoms with Crippen LogP contribution in [-0.2, 0) is 26.2 Å². The van der Waals surface area contributed by atoms with Crippen LogP contribution in [0.3, 0.4) is 0 Å². The third kappa shape index (κ3) is 7.38. The predicted octanol–water partition coefficient (Wildman–Crippen LogP) is 2.74. The average molecular weight is 801 g/mol. The van der Waals surface area contributed by atoms with Gasteiger partial charge in [-0.1, -0.05) is 82.3 Å². The number of benzene rings is 2. The second-order valence-electron chi connectivity index (χ2n) is 11.8. The quantitative estimate of drug-likeness (QED) is 0.0918. The van der Waals surface area contributed by atoms with E-state index in [9.17, 15) is 0 Å². The van der Waals surface area contributed by atoms with Gasteiger partial charge in [0.15, 0.2) is 24.8 Å². The molecule has 228 valence electrons. The van der Waals surface area contributed by atoms with E-state index < -0.39 is 0 Å². The zero-order chi connectivity index (χ0) is 28.0. The topological polar surface area (TPSA) is 17.6 Å². The van der Waals surface area contributed by atoms with Crippen molar-refractivity contribution in [3.05, 3.63) is 85.5 Å². The molecule has 4 aromatic heterocycles. The van der Waals surface area contributed by atoms with Gasteiger partial charge in [0.1, 0.15) is 13.1 Å². The lowest BCUT2D eigenvalue weighted by atomic mass is 10.1. The number of fused-ring (bicyclic) bond motifs is 6. The summed E-state index contributed by atoms with van der Waals surface area (Å²) in [4.78, 5) is 0. The monoisotopic (exact) mass is 800 g/mol. The summed E-state index contributed by atoms with van der Waals surface area (Å²) in [5.74, 6) is 0. The summed E-state index contributed by atoms with van der Waals surface area (Å²) in [7, 11) is 0. The van der Waals surface area contributed by atoms with E-state index in [0.717, 1.165) is 39.0 Å². The third-order valence-electron chi connectivity index (χ3n) is 8.77. The van der Waals surface area contributed by atoms with E-state index in [1.165, 1.54) is 88.6 Å². The Labute approximate surface area is 291 Å². The molecule has 2 aromatic carbocycles. The van der Waals surface area contributed by atoms with Gasteiger partial charge in [-0.3, -0.25) is 0 Å². The number of hydrogen-bond donors (Lipinski definition) is 0. The Morgan fingerprint density at radius 3 is 1.26 bits per heavy atom. The number of halogens is 2. The van der Waals surface area contributed by atoms with E-state index in [0.29, 0.717) is 0 Å². The molecular formula is C37H46I2N4. The summed E-state index contributed by atoms with van der Waals surface area (Å²) in [6.07, 6.45) is 20.6. The largest absolute Gasteiger partial charge is 1.00 e. The van der Waals surface area contributed by atoms with E-state index >= 15 is 0 Å². The summed E-state index contributed by atoms with van der Waals surface area (Å²) in [6, 6.07) is 22.5. The highest BCUT2D eigenvalue weighted by molar-refractivity contribution is 6.08. The van der Waals surface area contributed by atoms with Crippen LogP contribution in [0.4, 0.5) is 0 Å². The van der Waals surface area contributed by atoms with Crippen LogP contribution >= 0.6 is 0 Å². The maximum absolute atomic E-state index is 2.55. The summed E-state index contributed by atoms with van der Waals surface area (Å²) in [6.45, 7) is 8.85. The number of nitrogens with zero attached hydrogens (tertiary/aromatic N) is 4. The lowest BCUT2D eigenvalue weighted by Gasteiger charge is -2.08. The van der Waals surface area contributed by atoms with Gasteiger partial charge in [-0.05, 0) is 25.0 Å². The molecule has 0 aliphatic rings. The molecule has 0 fully saturated rings. The Morgan fingerprint density at radius 1 is 0.465 bits per heavy atom. The fourth-order valence-corrected chi connectivity index (χ4v) is 6.78. The number of aromatic nitrogens is 4. The van der Waals surface area contributed by atoms with E-state index in [1.54, 1.807) is 0 Å². The Bertz CT molecular complexity index is 1640. The molecule has 0 atom stereocenters. The normalized spacial score (nSPS) is 11.4. The molecule has 6 heteroatoms. The first-order valence-electron chi connectivity index (χ1n) is 16.1. The van der Waals surface area contributed by atoms with Crippen molar-refractivity contribution < 1.29 is 57.1 Å². The molecule has 0 unspecified atom stereocenters. The van der Waals surface area contributed by atoms with Crippen molar-refractivity contribution >= 4 is 43.6 Å². The van der Waals surface area contributed by atoms with Gasteiger partial charge in [0, 0.05) is 59.9 Å². The molecule has 0 saturated heterocycles. The van der Waals surface area contributed by atoms with Gasteiger partial charge in [0.05, 0.1) is 21.8 Å². The SMILES string of the molecule is CCC[n+]1ccc2c(c1)c1ccccc1n2CCCCCCCCCn1c2ccccc2c2c[n+](CCC)ccc21.[I-].[I-]. The molecule has 0 bridgehead atoms. The molecule has 4 heterocycles. The predicted molar refractivity (Wildman–Crippen MR) is 172 cm³/mol. The first-order chi connectivity index (χ1) is 20.3. The highest BCUT2D eigenvalue weighted by Gasteiger charge is 2.15. The second kappa shape index (κ2) is 16.2. The molecule has 0 spiro atoms. The van der Waals surface area contributed by atoms with Crippen molar-refractivity contribution in [2.75, 3.05) is 0 Å². The Kier molecular flexibility index (Phi) is 12.7. The van der Waals surface area contributed by atoms with Gasteiger partial charge in [0.25, 0.3) is 0 Å². The Balaban J connectivity index is 0.00000212. The number of rotatable bonds is 14. The highest BCUT2D eigenvalue weighted by Crippen LogP contribution is 2.29. The third-order valence-corrected chi connectivity index (χ3v) is 8.77. The van der Waals surface area contributed by atoms with Crippen LogP contribution in [0, 0.1) is 0 Å². The fraction of sp³-hybridized carbons (Fsp3) is 0.405. The minimum Gasteiger partial charge on any atom is -1.00 e. The lowest BCUT2D eigenvalue weighted by molar-refractivity contribution is -0.695. The number of unbranched alkanes of at least 4 members (excludes halogenated alkanes) is 6. The summed E-state index contributed by atoms with van der Waals surface area (Å²) in [5.41, 5.74) is 5.51. The first-order valence-corrected chi connectivity index (χ1v) is 16.1. The van der Waals surface area contributed by atoms with Crippen LogP contribution in [-0.4, -0.2) is 9.13 Å². The lowest BCUT2D eigenvalue weighted by Crippen LogP contribution is -3.00. The minimum atomic E-state index is 0. The van der Waals surface area contributed by atoms with E-state index in [1.807, 2.05) is 0 Å². The Morgan fingerprint density at radius 2 is 0.837 bits per heavy atom. The molecule has 6 rings (SSSR count). The number of para-hydroxylation sites is 2. The first kappa shape index (κ1) is 33.7. The minimum absolute atomic E-state index is 0. The molecule has 43 heavy (non-hydrogen) atoms. The maximum atomic E-state index is 2.55. The zero-order valence-electron chi connectivity index (χ0n) is 25.8. The van der Waals surface area contributed by atoms with Gasteiger partial charge in [-0.2, -0.15) is 0 Å². The zero-order valence-corrected chi connectivity index (χ0v) is 30.1. The number of aryl methyl sites for hydroxylation is 4. The summed E-state index contributed by atoms with van der Waals surface area (Å²) >= 11 is 0. The van der Waals surface area contributed by atoms with Crippen molar-refractivity contribution in [1.82, 2.24) is 9.13 Å². The molecule has 0 aliphatic carbocycles. The van der Waals surface area contributed by atoms with E-state index in [-0.39, 0.29) is 48.0 Å². The standard InChI is InChI=1S/C37H46N4.2HI/c1-3-22-38-26-20-36-32(28-38)30-16-10-12-18-34(30)40(36)24-14-8-6-5-7-9-15-25-41-35-19-13-11-17-31(35)33-29-39(23-4-2)27-21-37(33)41;;/h10-13,16-21,26-29H,3-9,14-15,22-25H2,1-2H3;2*1H/q+2;;/p-2. The van der Waals surface area contributed by atoms with Gasteiger partial charge in [-0.15, -0.1) is 0 Å². The molecular weight excluding hydrogens is 754 g/mol. The second-order valence-corrected chi connectivity index (χ2v) is 11.8.